The average molecular weight is 182 g/mol. The molecule has 0 spiro atoms. The molecule has 13 heavy (non-hydrogen) atoms. The third kappa shape index (κ3) is 2.47. The monoisotopic (exact) mass is 182 g/mol. The van der Waals surface area contributed by atoms with Gasteiger partial charge in [0.2, 0.25) is 0 Å². The van der Waals surface area contributed by atoms with E-state index in [2.05, 4.69) is 6.08 Å². The van der Waals surface area contributed by atoms with Crippen molar-refractivity contribution in [1.82, 2.24) is 9.80 Å². The van der Waals surface area contributed by atoms with Crippen molar-refractivity contribution >= 4 is 6.03 Å². The second-order valence-electron chi connectivity index (χ2n) is 3.18. The zero-order chi connectivity index (χ0) is 9.68. The predicted octanol–water partition coefficient (Wildman–Crippen LogP) is 2.06. The number of rotatable bonds is 2. The third-order valence-electron chi connectivity index (χ3n) is 2.33. The first-order valence-electron chi connectivity index (χ1n) is 5.01. The molecule has 3 nitrogen and oxygen atoms in total. The van der Waals surface area contributed by atoms with Crippen LogP contribution in [0.3, 0.4) is 0 Å². The topological polar surface area (TPSA) is 23.6 Å². The Kier molecular flexibility index (Phi) is 3.80. The molecule has 0 aliphatic carbocycles. The summed E-state index contributed by atoms with van der Waals surface area (Å²) in [6.07, 6.45) is 6.15. The summed E-state index contributed by atoms with van der Waals surface area (Å²) >= 11 is 0. The van der Waals surface area contributed by atoms with E-state index >= 15 is 0 Å². The largest absolute Gasteiger partial charge is 0.325 e. The molecule has 0 aromatic carbocycles. The molecule has 0 aromatic rings. The van der Waals surface area contributed by atoms with Crippen LogP contribution >= 0.6 is 0 Å². The van der Waals surface area contributed by atoms with E-state index in [1.807, 2.05) is 24.9 Å². The Labute approximate surface area is 80.0 Å². The van der Waals surface area contributed by atoms with Crippen LogP contribution in [0.4, 0.5) is 4.79 Å². The molecule has 0 N–H and O–H groups in total. The van der Waals surface area contributed by atoms with Crippen molar-refractivity contribution < 1.29 is 4.79 Å². The van der Waals surface area contributed by atoms with E-state index < -0.39 is 0 Å². The lowest BCUT2D eigenvalue weighted by atomic mass is 10.2. The van der Waals surface area contributed by atoms with Crippen LogP contribution in [0.15, 0.2) is 12.3 Å². The first kappa shape index (κ1) is 10.1. The molecule has 0 fully saturated rings. The normalized spacial score (nSPS) is 16.0. The highest BCUT2D eigenvalue weighted by Gasteiger charge is 2.17. The van der Waals surface area contributed by atoms with Gasteiger partial charge in [0.1, 0.15) is 0 Å². The lowest BCUT2D eigenvalue weighted by Gasteiger charge is -2.28. The molecular formula is C10H18N2O. The number of amides is 2. The van der Waals surface area contributed by atoms with Crippen molar-refractivity contribution in [2.24, 2.45) is 0 Å². The molecule has 1 rings (SSSR count). The summed E-state index contributed by atoms with van der Waals surface area (Å²) in [7, 11) is 0. The van der Waals surface area contributed by atoms with E-state index in [9.17, 15) is 4.79 Å². The molecule has 1 aliphatic rings. The van der Waals surface area contributed by atoms with Crippen LogP contribution in [0, 0.1) is 0 Å². The van der Waals surface area contributed by atoms with Gasteiger partial charge < -0.3 is 9.80 Å². The fourth-order valence-corrected chi connectivity index (χ4v) is 1.49. The van der Waals surface area contributed by atoms with E-state index in [4.69, 9.17) is 0 Å². The average Bonchev–Trinajstić information content (AvgIpc) is 2.21. The molecule has 0 saturated heterocycles. The van der Waals surface area contributed by atoms with Gasteiger partial charge in [0.05, 0.1) is 0 Å². The molecule has 0 aromatic heterocycles. The zero-order valence-electron chi connectivity index (χ0n) is 8.49. The summed E-state index contributed by atoms with van der Waals surface area (Å²) < 4.78 is 0. The number of allylic oxidation sites excluding steroid dienone is 1. The number of hydrogen-bond acceptors (Lipinski definition) is 1. The van der Waals surface area contributed by atoms with Crippen LogP contribution in [0.1, 0.15) is 26.7 Å². The van der Waals surface area contributed by atoms with E-state index in [-0.39, 0.29) is 6.03 Å². The summed E-state index contributed by atoms with van der Waals surface area (Å²) in [6.45, 7) is 6.47. The van der Waals surface area contributed by atoms with Gasteiger partial charge in [-0.1, -0.05) is 6.08 Å². The van der Waals surface area contributed by atoms with Crippen LogP contribution in [0.25, 0.3) is 0 Å². The fraction of sp³-hybridized carbons (Fsp3) is 0.700. The Bertz CT molecular complexity index is 197. The minimum Gasteiger partial charge on any atom is -0.325 e. The number of carbonyl (C=O) groups is 1. The zero-order valence-corrected chi connectivity index (χ0v) is 8.49. The summed E-state index contributed by atoms with van der Waals surface area (Å²) in [4.78, 5) is 15.4. The number of hydrogen-bond donors (Lipinski definition) is 0. The van der Waals surface area contributed by atoms with Gasteiger partial charge in [-0.05, 0) is 26.7 Å². The quantitative estimate of drug-likeness (QED) is 0.641. The van der Waals surface area contributed by atoms with E-state index in [1.165, 1.54) is 0 Å². The Hall–Kier alpha value is -0.990. The second kappa shape index (κ2) is 4.90. The highest BCUT2D eigenvalue weighted by molar-refractivity contribution is 5.75. The third-order valence-corrected chi connectivity index (χ3v) is 2.33. The maximum Gasteiger partial charge on any atom is 0.323 e. The van der Waals surface area contributed by atoms with Gasteiger partial charge in [0.25, 0.3) is 0 Å². The van der Waals surface area contributed by atoms with E-state index in [0.717, 1.165) is 32.5 Å². The molecule has 0 unspecified atom stereocenters. The van der Waals surface area contributed by atoms with Gasteiger partial charge >= 0.3 is 6.03 Å². The van der Waals surface area contributed by atoms with Crippen LogP contribution in [0.5, 0.6) is 0 Å². The molecule has 74 valence electrons. The number of carbonyl (C=O) groups excluding carboxylic acids is 1. The fourth-order valence-electron chi connectivity index (χ4n) is 1.49. The van der Waals surface area contributed by atoms with Crippen LogP contribution in [-0.4, -0.2) is 35.5 Å². The van der Waals surface area contributed by atoms with Crippen LogP contribution in [-0.2, 0) is 0 Å². The summed E-state index contributed by atoms with van der Waals surface area (Å²) in [5.74, 6) is 0. The highest BCUT2D eigenvalue weighted by atomic mass is 16.2. The van der Waals surface area contributed by atoms with Gasteiger partial charge in [-0.25, -0.2) is 4.79 Å². The molecule has 1 heterocycles. The Morgan fingerprint density at radius 2 is 2.15 bits per heavy atom. The van der Waals surface area contributed by atoms with Crippen molar-refractivity contribution in [3.8, 4) is 0 Å². The van der Waals surface area contributed by atoms with E-state index in [1.54, 1.807) is 4.90 Å². The Balaban J connectivity index is 2.54. The second-order valence-corrected chi connectivity index (χ2v) is 3.18. The van der Waals surface area contributed by atoms with Crippen molar-refractivity contribution in [3.63, 3.8) is 0 Å². The van der Waals surface area contributed by atoms with Gasteiger partial charge in [-0.15, -0.1) is 0 Å². The molecule has 0 atom stereocenters. The first-order valence-corrected chi connectivity index (χ1v) is 5.01. The molecule has 1 aliphatic heterocycles. The predicted molar refractivity (Wildman–Crippen MR) is 53.4 cm³/mol. The van der Waals surface area contributed by atoms with Gasteiger partial charge in [-0.3, -0.25) is 0 Å². The SMILES string of the molecule is CCN(CC)C(=O)N1C=CCCC1. The first-order chi connectivity index (χ1) is 6.29. The highest BCUT2D eigenvalue weighted by Crippen LogP contribution is 2.08. The summed E-state index contributed by atoms with van der Waals surface area (Å²) in [5.41, 5.74) is 0. The number of urea groups is 1. The Morgan fingerprint density at radius 1 is 1.46 bits per heavy atom. The summed E-state index contributed by atoms with van der Waals surface area (Å²) in [5, 5.41) is 0. The van der Waals surface area contributed by atoms with Gasteiger partial charge in [-0.2, -0.15) is 0 Å². The lowest BCUT2D eigenvalue weighted by molar-refractivity contribution is 0.172. The minimum absolute atomic E-state index is 0.140. The Morgan fingerprint density at radius 3 is 2.62 bits per heavy atom. The maximum atomic E-state index is 11.8. The van der Waals surface area contributed by atoms with Crippen LogP contribution in [0.2, 0.25) is 0 Å². The van der Waals surface area contributed by atoms with Crippen molar-refractivity contribution in [1.29, 1.82) is 0 Å². The van der Waals surface area contributed by atoms with Gasteiger partial charge in [0, 0.05) is 25.8 Å². The smallest absolute Gasteiger partial charge is 0.323 e. The molecular weight excluding hydrogens is 164 g/mol. The maximum absolute atomic E-state index is 11.8. The standard InChI is InChI=1S/C10H18N2O/c1-3-11(4-2)10(13)12-8-6-5-7-9-12/h6,8H,3-5,7,9H2,1-2H3. The minimum atomic E-state index is 0.140. The van der Waals surface area contributed by atoms with Crippen molar-refractivity contribution in [2.45, 2.75) is 26.7 Å². The van der Waals surface area contributed by atoms with Crippen molar-refractivity contribution in [3.05, 3.63) is 12.3 Å². The molecule has 2 amide bonds. The number of nitrogens with zero attached hydrogens (tertiary/aromatic N) is 2. The van der Waals surface area contributed by atoms with E-state index in [0.29, 0.717) is 0 Å². The summed E-state index contributed by atoms with van der Waals surface area (Å²) in [6, 6.07) is 0.140. The molecule has 3 heteroatoms. The molecule has 0 saturated carbocycles. The van der Waals surface area contributed by atoms with Gasteiger partial charge in [0.15, 0.2) is 0 Å². The lowest BCUT2D eigenvalue weighted by Crippen LogP contribution is -2.41. The van der Waals surface area contributed by atoms with Crippen LogP contribution < -0.4 is 0 Å². The molecule has 0 radical (unpaired) electrons. The molecule has 0 bridgehead atoms. The van der Waals surface area contributed by atoms with Crippen molar-refractivity contribution in [2.75, 3.05) is 19.6 Å².